The Morgan fingerprint density at radius 1 is 0.614 bits per heavy atom. The van der Waals surface area contributed by atoms with E-state index in [9.17, 15) is 73.2 Å². The predicted molar refractivity (Wildman–Crippen MR) is 307 cm³/mol. The normalized spacial score (nSPS) is 15.2. The van der Waals surface area contributed by atoms with E-state index in [1.807, 2.05) is 0 Å². The Bertz CT molecular complexity index is 2560. The van der Waals surface area contributed by atoms with Crippen LogP contribution >= 0.6 is 12.6 Å². The third-order valence-electron chi connectivity index (χ3n) is 12.9. The van der Waals surface area contributed by atoms with Gasteiger partial charge in [-0.05, 0) is 88.8 Å². The number of carbonyl (C=O) groups excluding carboxylic acids is 9. The summed E-state index contributed by atoms with van der Waals surface area (Å²) < 4.78 is 0. The van der Waals surface area contributed by atoms with E-state index in [0.717, 1.165) is 6.92 Å². The van der Waals surface area contributed by atoms with E-state index in [1.54, 1.807) is 58.2 Å². The molecule has 1 heterocycles. The lowest BCUT2D eigenvalue weighted by molar-refractivity contribution is -0.143. The van der Waals surface area contributed by atoms with Crippen molar-refractivity contribution in [1.82, 2.24) is 52.8 Å². The van der Waals surface area contributed by atoms with E-state index in [-0.39, 0.29) is 69.2 Å². The number of unbranched alkanes of at least 4 members (excludes halogenated alkanes) is 1. The minimum atomic E-state index is -1.82. The molecule has 0 radical (unpaired) electrons. The number of rotatable bonds is 38. The lowest BCUT2D eigenvalue weighted by Crippen LogP contribution is -2.62. The van der Waals surface area contributed by atoms with Crippen molar-refractivity contribution in [3.8, 4) is 0 Å². The number of benzene rings is 1. The molecular formula is C52H85N15O15S. The van der Waals surface area contributed by atoms with Crippen molar-refractivity contribution in [2.24, 2.45) is 39.8 Å². The SMILES string of the molecule is CC(C)C[C@H](NC(=O)[C@@H](N)CS)C(=O)N[C@@H](C)C(=O)N[C@H](C(=O)N[C@@H](CCC(=O)O)C(=O)N[C@@H](CCCCN)C(=O)N[C@@H](CO)C(=O)N[C@@H](CCCN=C(N)N)C(=O)N[C@@H](Cc1c[nH]c2ccccc12)C(=O)N[C@H](C(=O)O)C(C)C)[C@@H](C)O. The summed E-state index contributed by atoms with van der Waals surface area (Å²) in [6, 6.07) is -7.66. The number of aliphatic imine (C=N–C) groups is 1. The summed E-state index contributed by atoms with van der Waals surface area (Å²) >= 11 is 4.00. The molecule has 22 N–H and O–H groups in total. The number of para-hydroxylation sites is 1. The standard InChI is InChI=1S/C52H85N15O15S/c1-25(2)20-36(63-43(73)31(54)24-83)47(77)59-27(5)42(72)67-41(28(6)69)50(80)62-35(16-17-39(70)71)46(76)60-33(14-9-10-18-53)45(75)65-38(23-68)49(79)61-34(15-11-19-57-52(55)56)44(74)64-37(48(78)66-40(26(3)4)51(81)82)21-29-22-58-32-13-8-7-12-30(29)32/h7-8,12-13,22,25-28,31,33-38,40-41,58,68-69,83H,9-11,14-21,23-24,53-54H2,1-6H3,(H,59,77)(H,60,76)(H,61,79)(H,62,80)(H,63,73)(H,64,74)(H,65,75)(H,66,78)(H,67,72)(H,70,71)(H,81,82)(H4,55,56,57)/t27-,28+,31-,33-,34-,35-,36-,37-,38-,40-,41-/m0/s1. The maximum atomic E-state index is 14.3. The zero-order valence-electron chi connectivity index (χ0n) is 47.6. The van der Waals surface area contributed by atoms with E-state index in [1.165, 1.54) is 6.92 Å². The summed E-state index contributed by atoms with van der Waals surface area (Å²) in [6.45, 7) is 8.16. The Kier molecular flexibility index (Phi) is 31.1. The van der Waals surface area contributed by atoms with Crippen molar-refractivity contribution in [3.05, 3.63) is 36.0 Å². The molecule has 83 heavy (non-hydrogen) atoms. The summed E-state index contributed by atoms with van der Waals surface area (Å²) in [5.41, 5.74) is 23.7. The Morgan fingerprint density at radius 2 is 1.12 bits per heavy atom. The van der Waals surface area contributed by atoms with Crippen LogP contribution in [0.15, 0.2) is 35.5 Å². The van der Waals surface area contributed by atoms with Gasteiger partial charge in [-0.1, -0.05) is 45.9 Å². The van der Waals surface area contributed by atoms with Crippen LogP contribution in [0.3, 0.4) is 0 Å². The molecule has 31 heteroatoms. The first-order chi connectivity index (χ1) is 39.0. The number of H-pyrrole nitrogens is 1. The number of amides is 9. The fraction of sp³-hybridized carbons (Fsp3) is 0.615. The molecule has 464 valence electrons. The summed E-state index contributed by atoms with van der Waals surface area (Å²) in [4.78, 5) is 154. The summed E-state index contributed by atoms with van der Waals surface area (Å²) in [7, 11) is 0. The highest BCUT2D eigenvalue weighted by Crippen LogP contribution is 2.20. The summed E-state index contributed by atoms with van der Waals surface area (Å²) in [6.07, 6.45) is -1.12. The molecule has 0 spiro atoms. The quantitative estimate of drug-likeness (QED) is 0.0131. The Morgan fingerprint density at radius 3 is 1.65 bits per heavy atom. The first-order valence-electron chi connectivity index (χ1n) is 27.2. The van der Waals surface area contributed by atoms with Crippen molar-refractivity contribution < 1.29 is 73.2 Å². The first kappa shape index (κ1) is 71.5. The molecule has 1 aromatic carbocycles. The number of aromatic nitrogens is 1. The average Bonchev–Trinajstić information content (AvgIpc) is 3.94. The molecule has 0 saturated carbocycles. The Labute approximate surface area is 486 Å². The minimum Gasteiger partial charge on any atom is -0.481 e. The van der Waals surface area contributed by atoms with Crippen LogP contribution in [0.5, 0.6) is 0 Å². The molecule has 2 rings (SSSR count). The molecule has 30 nitrogen and oxygen atoms in total. The van der Waals surface area contributed by atoms with Gasteiger partial charge >= 0.3 is 11.9 Å². The molecular weight excluding hydrogens is 1110 g/mol. The van der Waals surface area contributed by atoms with Crippen molar-refractivity contribution in [2.45, 2.75) is 166 Å². The topological polar surface area (TPSA) is 509 Å². The number of nitrogens with zero attached hydrogens (tertiary/aromatic N) is 1. The lowest BCUT2D eigenvalue weighted by Gasteiger charge is -2.28. The van der Waals surface area contributed by atoms with Gasteiger partial charge in [0.25, 0.3) is 0 Å². The largest absolute Gasteiger partial charge is 0.481 e. The van der Waals surface area contributed by atoms with Gasteiger partial charge in [0.1, 0.15) is 54.4 Å². The number of carboxylic acid groups (broad SMARTS) is 2. The second-order valence-electron chi connectivity index (χ2n) is 20.7. The molecule has 9 amide bonds. The third kappa shape index (κ3) is 24.8. The van der Waals surface area contributed by atoms with Gasteiger partial charge in [0, 0.05) is 42.2 Å². The van der Waals surface area contributed by atoms with E-state index in [2.05, 4.69) is 70.5 Å². The molecule has 0 aliphatic rings. The zero-order chi connectivity index (χ0) is 62.7. The van der Waals surface area contributed by atoms with Crippen molar-refractivity contribution in [2.75, 3.05) is 25.4 Å². The number of hydrogen-bond donors (Lipinski definition) is 19. The van der Waals surface area contributed by atoms with Crippen LogP contribution in [-0.2, 0) is 59.2 Å². The number of thiol groups is 1. The molecule has 0 fully saturated rings. The molecule has 11 atom stereocenters. The monoisotopic (exact) mass is 1190 g/mol. The van der Waals surface area contributed by atoms with Crippen LogP contribution < -0.4 is 70.8 Å². The van der Waals surface area contributed by atoms with Gasteiger partial charge in [0.05, 0.1) is 18.8 Å². The van der Waals surface area contributed by atoms with Crippen LogP contribution in [0, 0.1) is 11.8 Å². The fourth-order valence-corrected chi connectivity index (χ4v) is 8.41. The van der Waals surface area contributed by atoms with Gasteiger partial charge < -0.3 is 96.2 Å². The molecule has 1 aromatic heterocycles. The fourth-order valence-electron chi connectivity index (χ4n) is 8.24. The van der Waals surface area contributed by atoms with E-state index in [4.69, 9.17) is 22.9 Å². The van der Waals surface area contributed by atoms with E-state index in [0.29, 0.717) is 22.9 Å². The summed E-state index contributed by atoms with van der Waals surface area (Å²) in [5.74, 6) is -12.4. The zero-order valence-corrected chi connectivity index (χ0v) is 48.5. The number of hydrogen-bond acceptors (Lipinski definition) is 17. The number of nitrogens with one attached hydrogen (secondary N) is 10. The first-order valence-corrected chi connectivity index (χ1v) is 27.8. The third-order valence-corrected chi connectivity index (χ3v) is 13.3. The van der Waals surface area contributed by atoms with Crippen molar-refractivity contribution in [3.63, 3.8) is 0 Å². The predicted octanol–water partition coefficient (Wildman–Crippen LogP) is -4.44. The molecule has 0 aliphatic heterocycles. The molecule has 2 aromatic rings. The number of carbonyl (C=O) groups is 11. The van der Waals surface area contributed by atoms with Gasteiger partial charge in [0.2, 0.25) is 53.2 Å². The van der Waals surface area contributed by atoms with Crippen molar-refractivity contribution in [1.29, 1.82) is 0 Å². The summed E-state index contributed by atoms with van der Waals surface area (Å²) in [5, 5.41) is 63.2. The molecule has 0 saturated heterocycles. The van der Waals surface area contributed by atoms with Gasteiger partial charge in [0.15, 0.2) is 5.96 Å². The average molecular weight is 1190 g/mol. The second-order valence-corrected chi connectivity index (χ2v) is 21.1. The smallest absolute Gasteiger partial charge is 0.326 e. The van der Waals surface area contributed by atoms with E-state index < -0.39 is 157 Å². The number of nitrogens with two attached hydrogens (primary N) is 4. The highest BCUT2D eigenvalue weighted by atomic mass is 32.1. The second kappa shape index (κ2) is 36.1. The minimum absolute atomic E-state index is 0.0166. The Balaban J connectivity index is 2.42. The van der Waals surface area contributed by atoms with Gasteiger partial charge in [-0.15, -0.1) is 0 Å². The highest BCUT2D eigenvalue weighted by Gasteiger charge is 2.37. The molecule has 0 aliphatic carbocycles. The number of aromatic amines is 1. The van der Waals surface area contributed by atoms with Crippen LogP contribution in [0.4, 0.5) is 0 Å². The maximum absolute atomic E-state index is 14.3. The number of aliphatic carboxylic acids is 2. The van der Waals surface area contributed by atoms with Crippen molar-refractivity contribution >= 4 is 94.6 Å². The van der Waals surface area contributed by atoms with Gasteiger partial charge in [-0.3, -0.25) is 52.9 Å². The highest BCUT2D eigenvalue weighted by molar-refractivity contribution is 7.80. The maximum Gasteiger partial charge on any atom is 0.326 e. The van der Waals surface area contributed by atoms with Crippen LogP contribution in [0.2, 0.25) is 0 Å². The number of aliphatic hydroxyl groups is 2. The number of fused-ring (bicyclic) bond motifs is 1. The lowest BCUT2D eigenvalue weighted by atomic mass is 10.0. The number of guanidine groups is 1. The Hall–Kier alpha value is -7.61. The van der Waals surface area contributed by atoms with Crippen LogP contribution in [0.1, 0.15) is 98.5 Å². The molecule has 0 bridgehead atoms. The number of carboxylic acids is 2. The van der Waals surface area contributed by atoms with Crippen LogP contribution in [-0.4, -0.2) is 188 Å². The van der Waals surface area contributed by atoms with Crippen LogP contribution in [0.25, 0.3) is 10.9 Å². The van der Waals surface area contributed by atoms with Gasteiger partial charge in [-0.25, -0.2) is 4.79 Å². The number of aliphatic hydroxyl groups excluding tert-OH is 2. The molecule has 0 unspecified atom stereocenters. The van der Waals surface area contributed by atoms with E-state index >= 15 is 0 Å². The van der Waals surface area contributed by atoms with Gasteiger partial charge in [-0.2, -0.15) is 12.6 Å².